The molecule has 3 aromatic rings. The molecule has 3 nitrogen and oxygen atoms in total. The maximum Gasteiger partial charge on any atom is 0.180 e. The highest BCUT2D eigenvalue weighted by atomic mass is 32.1. The molecule has 17 heavy (non-hydrogen) atoms. The van der Waals surface area contributed by atoms with Crippen LogP contribution in [0.5, 0.6) is 0 Å². The molecule has 0 bridgehead atoms. The van der Waals surface area contributed by atoms with Gasteiger partial charge in [0, 0.05) is 35.4 Å². The number of anilines is 1. The molecule has 4 heteroatoms. The van der Waals surface area contributed by atoms with Crippen LogP contribution in [0.25, 0.3) is 21.3 Å². The predicted molar refractivity (Wildman–Crippen MR) is 73.2 cm³/mol. The van der Waals surface area contributed by atoms with Gasteiger partial charge in [0.15, 0.2) is 5.13 Å². The first-order valence-electron chi connectivity index (χ1n) is 5.44. The van der Waals surface area contributed by atoms with Crippen molar-refractivity contribution in [2.24, 2.45) is 7.05 Å². The average molecular weight is 243 g/mol. The van der Waals surface area contributed by atoms with E-state index < -0.39 is 0 Å². The number of aromatic nitrogens is 2. The fourth-order valence-electron chi connectivity index (χ4n) is 2.24. The van der Waals surface area contributed by atoms with Gasteiger partial charge in [0.1, 0.15) is 0 Å². The van der Waals surface area contributed by atoms with Crippen molar-refractivity contribution in [3.63, 3.8) is 0 Å². The summed E-state index contributed by atoms with van der Waals surface area (Å²) in [7, 11) is 2.09. The predicted octanol–water partition coefficient (Wildman–Crippen LogP) is 3.19. The minimum atomic E-state index is 0.618. The SMILES string of the molecule is Cc1c(-c2cnc(N)s2)c2ccccc2n1C. The fraction of sp³-hybridized carbons (Fsp3) is 0.154. The second-order valence-corrected chi connectivity index (χ2v) is 5.16. The number of thiazole rings is 1. The topological polar surface area (TPSA) is 43.8 Å². The molecule has 2 heterocycles. The Labute approximate surface area is 104 Å². The van der Waals surface area contributed by atoms with E-state index in [1.165, 1.54) is 33.5 Å². The van der Waals surface area contributed by atoms with E-state index in [0.29, 0.717) is 5.13 Å². The molecular weight excluding hydrogens is 230 g/mol. The van der Waals surface area contributed by atoms with Gasteiger partial charge < -0.3 is 10.3 Å². The Morgan fingerprint density at radius 3 is 2.76 bits per heavy atom. The van der Waals surface area contributed by atoms with Gasteiger partial charge in [-0.15, -0.1) is 0 Å². The van der Waals surface area contributed by atoms with Crippen molar-refractivity contribution in [3.05, 3.63) is 36.2 Å². The average Bonchev–Trinajstić information content (AvgIpc) is 2.84. The molecule has 0 fully saturated rings. The van der Waals surface area contributed by atoms with Crippen LogP contribution < -0.4 is 5.73 Å². The number of nitrogens with two attached hydrogens (primary N) is 1. The Morgan fingerprint density at radius 1 is 1.29 bits per heavy atom. The van der Waals surface area contributed by atoms with E-state index in [1.807, 2.05) is 6.20 Å². The zero-order valence-electron chi connectivity index (χ0n) is 9.77. The normalized spacial score (nSPS) is 11.2. The molecule has 3 rings (SSSR count). The third-order valence-electron chi connectivity index (χ3n) is 3.17. The molecule has 0 saturated heterocycles. The first-order valence-corrected chi connectivity index (χ1v) is 6.26. The van der Waals surface area contributed by atoms with Crippen molar-refractivity contribution < 1.29 is 0 Å². The van der Waals surface area contributed by atoms with Gasteiger partial charge in [0.05, 0.1) is 4.88 Å². The van der Waals surface area contributed by atoms with E-state index in [0.717, 1.165) is 4.88 Å². The van der Waals surface area contributed by atoms with E-state index in [4.69, 9.17) is 5.73 Å². The van der Waals surface area contributed by atoms with Crippen LogP contribution >= 0.6 is 11.3 Å². The van der Waals surface area contributed by atoms with Crippen LogP contribution in [0, 0.1) is 6.92 Å². The lowest BCUT2D eigenvalue weighted by Gasteiger charge is -1.98. The Morgan fingerprint density at radius 2 is 2.06 bits per heavy atom. The minimum absolute atomic E-state index is 0.618. The van der Waals surface area contributed by atoms with Crippen LogP contribution in [0.1, 0.15) is 5.69 Å². The number of rotatable bonds is 1. The second kappa shape index (κ2) is 3.60. The lowest BCUT2D eigenvalue weighted by molar-refractivity contribution is 0.920. The molecule has 0 unspecified atom stereocenters. The summed E-state index contributed by atoms with van der Waals surface area (Å²) in [5.74, 6) is 0. The summed E-state index contributed by atoms with van der Waals surface area (Å²) >= 11 is 1.54. The van der Waals surface area contributed by atoms with Crippen LogP contribution in [-0.4, -0.2) is 9.55 Å². The Balaban J connectivity index is 2.40. The fourth-order valence-corrected chi connectivity index (χ4v) is 3.03. The Bertz CT molecular complexity index is 694. The highest BCUT2D eigenvalue weighted by Gasteiger charge is 2.14. The van der Waals surface area contributed by atoms with Crippen LogP contribution in [0.4, 0.5) is 5.13 Å². The number of aryl methyl sites for hydroxylation is 1. The Hall–Kier alpha value is -1.81. The molecule has 0 aliphatic carbocycles. The lowest BCUT2D eigenvalue weighted by Crippen LogP contribution is -1.89. The summed E-state index contributed by atoms with van der Waals surface area (Å²) in [5, 5.41) is 1.88. The summed E-state index contributed by atoms with van der Waals surface area (Å²) < 4.78 is 2.21. The van der Waals surface area contributed by atoms with Gasteiger partial charge in [-0.25, -0.2) is 4.98 Å². The number of hydrogen-bond donors (Lipinski definition) is 1. The van der Waals surface area contributed by atoms with Gasteiger partial charge >= 0.3 is 0 Å². The monoisotopic (exact) mass is 243 g/mol. The van der Waals surface area contributed by atoms with E-state index in [1.54, 1.807) is 0 Å². The number of fused-ring (bicyclic) bond motifs is 1. The highest BCUT2D eigenvalue weighted by Crippen LogP contribution is 2.37. The van der Waals surface area contributed by atoms with Gasteiger partial charge in [-0.3, -0.25) is 0 Å². The van der Waals surface area contributed by atoms with Gasteiger partial charge in [-0.05, 0) is 13.0 Å². The van der Waals surface area contributed by atoms with E-state index in [9.17, 15) is 0 Å². The molecule has 1 aromatic carbocycles. The molecule has 86 valence electrons. The first kappa shape index (κ1) is 10.4. The molecular formula is C13H13N3S. The molecule has 0 aliphatic rings. The lowest BCUT2D eigenvalue weighted by atomic mass is 10.1. The largest absolute Gasteiger partial charge is 0.375 e. The van der Waals surface area contributed by atoms with Crippen molar-refractivity contribution in [1.29, 1.82) is 0 Å². The van der Waals surface area contributed by atoms with E-state index >= 15 is 0 Å². The summed E-state index contributed by atoms with van der Waals surface area (Å²) in [5.41, 5.74) is 9.45. The van der Waals surface area contributed by atoms with Crippen LogP contribution in [0.3, 0.4) is 0 Å². The quantitative estimate of drug-likeness (QED) is 0.713. The molecule has 0 saturated carbocycles. The van der Waals surface area contributed by atoms with E-state index in [-0.39, 0.29) is 0 Å². The van der Waals surface area contributed by atoms with Crippen molar-refractivity contribution >= 4 is 27.4 Å². The van der Waals surface area contributed by atoms with Crippen molar-refractivity contribution in [3.8, 4) is 10.4 Å². The number of hydrogen-bond acceptors (Lipinski definition) is 3. The maximum absolute atomic E-state index is 5.72. The van der Waals surface area contributed by atoms with Gasteiger partial charge in [-0.2, -0.15) is 0 Å². The first-order chi connectivity index (χ1) is 8.18. The number of benzene rings is 1. The number of nitrogen functional groups attached to an aromatic ring is 1. The van der Waals surface area contributed by atoms with Crippen LogP contribution in [0.15, 0.2) is 30.5 Å². The molecule has 0 aliphatic heterocycles. The number of para-hydroxylation sites is 1. The molecule has 0 radical (unpaired) electrons. The third kappa shape index (κ3) is 1.45. The van der Waals surface area contributed by atoms with Crippen molar-refractivity contribution in [2.75, 3.05) is 5.73 Å². The summed E-state index contributed by atoms with van der Waals surface area (Å²) in [6, 6.07) is 8.41. The molecule has 2 N–H and O–H groups in total. The summed E-state index contributed by atoms with van der Waals surface area (Å²) in [4.78, 5) is 5.27. The summed E-state index contributed by atoms with van der Waals surface area (Å²) in [6.07, 6.45) is 1.86. The smallest absolute Gasteiger partial charge is 0.180 e. The number of nitrogens with zero attached hydrogens (tertiary/aromatic N) is 2. The third-order valence-corrected chi connectivity index (χ3v) is 4.01. The van der Waals surface area contributed by atoms with Crippen LogP contribution in [0.2, 0.25) is 0 Å². The molecule has 2 aromatic heterocycles. The zero-order chi connectivity index (χ0) is 12.0. The summed E-state index contributed by atoms with van der Waals surface area (Å²) in [6.45, 7) is 2.13. The van der Waals surface area contributed by atoms with Gasteiger partial charge in [0.25, 0.3) is 0 Å². The van der Waals surface area contributed by atoms with Crippen molar-refractivity contribution in [1.82, 2.24) is 9.55 Å². The molecule has 0 spiro atoms. The highest BCUT2D eigenvalue weighted by molar-refractivity contribution is 7.18. The van der Waals surface area contributed by atoms with Gasteiger partial charge in [0.2, 0.25) is 0 Å². The van der Waals surface area contributed by atoms with Crippen molar-refractivity contribution in [2.45, 2.75) is 6.92 Å². The van der Waals surface area contributed by atoms with E-state index in [2.05, 4.69) is 47.8 Å². The molecule has 0 atom stereocenters. The molecule has 0 amide bonds. The maximum atomic E-state index is 5.72. The zero-order valence-corrected chi connectivity index (χ0v) is 10.6. The van der Waals surface area contributed by atoms with Gasteiger partial charge in [-0.1, -0.05) is 29.5 Å². The second-order valence-electron chi connectivity index (χ2n) is 4.10. The Kier molecular flexibility index (Phi) is 2.19. The standard InChI is InChI=1S/C13H13N3S/c1-8-12(11-7-15-13(14)17-11)9-5-3-4-6-10(9)16(8)2/h3-7H,1-2H3,(H2,14,15). The van der Waals surface area contributed by atoms with Crippen LogP contribution in [-0.2, 0) is 7.05 Å². The minimum Gasteiger partial charge on any atom is -0.375 e.